The topological polar surface area (TPSA) is 0 Å². The van der Waals surface area contributed by atoms with E-state index in [2.05, 4.69) is 113 Å². The molecule has 0 radical (unpaired) electrons. The molecule has 0 heterocycles. The Morgan fingerprint density at radius 1 is 0.448 bits per heavy atom. The van der Waals surface area contributed by atoms with Crippen molar-refractivity contribution < 1.29 is 0 Å². The lowest BCUT2D eigenvalue weighted by Crippen LogP contribution is -1.90. The van der Waals surface area contributed by atoms with Gasteiger partial charge < -0.3 is 0 Å². The van der Waals surface area contributed by atoms with Gasteiger partial charge in [-0.2, -0.15) is 0 Å². The fourth-order valence-electron chi connectivity index (χ4n) is 3.76. The summed E-state index contributed by atoms with van der Waals surface area (Å²) in [4.78, 5) is 2.59. The molecule has 0 bridgehead atoms. The average molecular weight is 395 g/mol. The lowest BCUT2D eigenvalue weighted by molar-refractivity contribution is 1.32. The molecule has 0 saturated heterocycles. The molecule has 0 nitrogen and oxygen atoms in total. The van der Waals surface area contributed by atoms with E-state index in [1.807, 2.05) is 11.8 Å². The second-order valence-corrected chi connectivity index (χ2v) is 8.81. The molecule has 4 aromatic rings. The van der Waals surface area contributed by atoms with Crippen LogP contribution in [-0.2, 0) is 0 Å². The van der Waals surface area contributed by atoms with Crippen LogP contribution in [0.4, 0.5) is 0 Å². The zero-order valence-electron chi connectivity index (χ0n) is 17.5. The first kappa shape index (κ1) is 19.5. The molecule has 144 valence electrons. The summed E-state index contributed by atoms with van der Waals surface area (Å²) < 4.78 is 0. The van der Waals surface area contributed by atoms with Gasteiger partial charge in [-0.15, -0.1) is 0 Å². The van der Waals surface area contributed by atoms with Gasteiger partial charge in [-0.05, 0) is 73.2 Å². The maximum Gasteiger partial charge on any atom is 0.0201 e. The zero-order chi connectivity index (χ0) is 20.4. The van der Waals surface area contributed by atoms with Gasteiger partial charge in [0.2, 0.25) is 0 Å². The minimum absolute atomic E-state index is 1.29. The third-order valence-corrected chi connectivity index (χ3v) is 6.51. The summed E-state index contributed by atoms with van der Waals surface area (Å²) >= 11 is 1.87. The van der Waals surface area contributed by atoms with Gasteiger partial charge >= 0.3 is 0 Å². The molecule has 0 aliphatic heterocycles. The number of benzene rings is 4. The highest BCUT2D eigenvalue weighted by Crippen LogP contribution is 2.42. The largest absolute Gasteiger partial charge is 0.0888 e. The van der Waals surface area contributed by atoms with E-state index in [4.69, 9.17) is 0 Å². The smallest absolute Gasteiger partial charge is 0.0201 e. The zero-order valence-corrected chi connectivity index (χ0v) is 18.3. The molecule has 0 unspecified atom stereocenters. The fraction of sp³-hybridized carbons (Fsp3) is 0.143. The van der Waals surface area contributed by atoms with Crippen LogP contribution in [-0.4, -0.2) is 0 Å². The second-order valence-electron chi connectivity index (χ2n) is 7.73. The SMILES string of the molecule is Cc1ccc(Sc2ccc(C)cc2-c2ccccc2C)c(-c2ccccc2C)c1. The summed E-state index contributed by atoms with van der Waals surface area (Å²) in [5.74, 6) is 0. The molecule has 4 aromatic carbocycles. The van der Waals surface area contributed by atoms with Crippen LogP contribution in [0, 0.1) is 27.7 Å². The van der Waals surface area contributed by atoms with E-state index in [1.54, 1.807) is 0 Å². The molecule has 0 saturated carbocycles. The molecular weight excluding hydrogens is 368 g/mol. The van der Waals surface area contributed by atoms with Gasteiger partial charge in [0.15, 0.2) is 0 Å². The molecule has 0 spiro atoms. The predicted octanol–water partition coefficient (Wildman–Crippen LogP) is 8.41. The second kappa shape index (κ2) is 8.31. The average Bonchev–Trinajstić information content (AvgIpc) is 2.71. The summed E-state index contributed by atoms with van der Waals surface area (Å²) in [5, 5.41) is 0. The monoisotopic (exact) mass is 394 g/mol. The quantitative estimate of drug-likeness (QED) is 0.335. The van der Waals surface area contributed by atoms with Crippen molar-refractivity contribution in [3.05, 3.63) is 107 Å². The molecule has 0 amide bonds. The van der Waals surface area contributed by atoms with Crippen LogP contribution in [0.2, 0.25) is 0 Å². The Morgan fingerprint density at radius 2 is 0.862 bits per heavy atom. The maximum atomic E-state index is 2.31. The Balaban J connectivity index is 1.85. The summed E-state index contributed by atoms with van der Waals surface area (Å²) in [6.45, 7) is 8.72. The minimum Gasteiger partial charge on any atom is -0.0888 e. The molecule has 0 atom stereocenters. The highest BCUT2D eigenvalue weighted by molar-refractivity contribution is 7.99. The molecule has 1 heteroatoms. The first-order valence-corrected chi connectivity index (χ1v) is 10.9. The van der Waals surface area contributed by atoms with E-state index < -0.39 is 0 Å². The summed E-state index contributed by atoms with van der Waals surface area (Å²) in [6.07, 6.45) is 0. The maximum absolute atomic E-state index is 2.31. The van der Waals surface area contributed by atoms with Gasteiger partial charge in [0.1, 0.15) is 0 Å². The molecule has 4 rings (SSSR count). The van der Waals surface area contributed by atoms with Gasteiger partial charge in [0.05, 0.1) is 0 Å². The molecule has 0 N–H and O–H groups in total. The number of hydrogen-bond donors (Lipinski definition) is 0. The summed E-state index contributed by atoms with van der Waals surface area (Å²) in [5.41, 5.74) is 10.4. The van der Waals surface area contributed by atoms with Crippen LogP contribution in [0.25, 0.3) is 22.3 Å². The minimum atomic E-state index is 1.29. The van der Waals surface area contributed by atoms with Crippen molar-refractivity contribution in [2.24, 2.45) is 0 Å². The van der Waals surface area contributed by atoms with E-state index in [-0.39, 0.29) is 0 Å². The van der Waals surface area contributed by atoms with Gasteiger partial charge in [-0.3, -0.25) is 0 Å². The van der Waals surface area contributed by atoms with E-state index >= 15 is 0 Å². The van der Waals surface area contributed by atoms with Gasteiger partial charge in [0.25, 0.3) is 0 Å². The molecule has 0 fully saturated rings. The Labute approximate surface area is 178 Å². The first-order valence-electron chi connectivity index (χ1n) is 10.0. The van der Waals surface area contributed by atoms with Crippen molar-refractivity contribution in [1.29, 1.82) is 0 Å². The standard InChI is InChI=1S/C28H26S/c1-19-13-15-27(25(17-19)23-11-7-5-9-21(23)3)29-28-16-14-20(2)18-26(28)24-12-8-6-10-22(24)4/h5-18H,1-4H3. The normalized spacial score (nSPS) is 10.9. The lowest BCUT2D eigenvalue weighted by Gasteiger charge is -2.16. The lowest BCUT2D eigenvalue weighted by atomic mass is 9.99. The van der Waals surface area contributed by atoms with Crippen molar-refractivity contribution in [3.63, 3.8) is 0 Å². The van der Waals surface area contributed by atoms with Crippen LogP contribution < -0.4 is 0 Å². The van der Waals surface area contributed by atoms with Crippen LogP contribution in [0.5, 0.6) is 0 Å². The highest BCUT2D eigenvalue weighted by Gasteiger charge is 2.13. The van der Waals surface area contributed by atoms with Crippen LogP contribution in [0.1, 0.15) is 22.3 Å². The van der Waals surface area contributed by atoms with Crippen molar-refractivity contribution in [2.45, 2.75) is 37.5 Å². The van der Waals surface area contributed by atoms with Crippen LogP contribution in [0.15, 0.2) is 94.7 Å². The van der Waals surface area contributed by atoms with Crippen LogP contribution >= 0.6 is 11.8 Å². The highest BCUT2D eigenvalue weighted by atomic mass is 32.2. The summed E-state index contributed by atoms with van der Waals surface area (Å²) in [7, 11) is 0. The van der Waals surface area contributed by atoms with Crippen molar-refractivity contribution in [2.75, 3.05) is 0 Å². The Morgan fingerprint density at radius 3 is 1.28 bits per heavy atom. The Kier molecular flexibility index (Phi) is 5.60. The number of hydrogen-bond acceptors (Lipinski definition) is 1. The predicted molar refractivity (Wildman–Crippen MR) is 127 cm³/mol. The van der Waals surface area contributed by atoms with Crippen molar-refractivity contribution in [1.82, 2.24) is 0 Å². The molecule has 29 heavy (non-hydrogen) atoms. The molecule has 0 aromatic heterocycles. The van der Waals surface area contributed by atoms with E-state index in [9.17, 15) is 0 Å². The van der Waals surface area contributed by atoms with Crippen molar-refractivity contribution >= 4 is 11.8 Å². The van der Waals surface area contributed by atoms with E-state index in [0.717, 1.165) is 0 Å². The van der Waals surface area contributed by atoms with Crippen molar-refractivity contribution in [3.8, 4) is 22.3 Å². The summed E-state index contributed by atoms with van der Waals surface area (Å²) in [6, 6.07) is 30.9. The van der Waals surface area contributed by atoms with Crippen LogP contribution in [0.3, 0.4) is 0 Å². The van der Waals surface area contributed by atoms with Gasteiger partial charge in [0, 0.05) is 9.79 Å². The molecule has 0 aliphatic rings. The Bertz CT molecular complexity index is 1080. The van der Waals surface area contributed by atoms with Gasteiger partial charge in [-0.1, -0.05) is 95.7 Å². The third kappa shape index (κ3) is 4.16. The van der Waals surface area contributed by atoms with E-state index in [0.29, 0.717) is 0 Å². The molecule has 0 aliphatic carbocycles. The number of rotatable bonds is 4. The fourth-order valence-corrected chi connectivity index (χ4v) is 4.82. The Hall–Kier alpha value is -2.77. The van der Waals surface area contributed by atoms with E-state index in [1.165, 1.54) is 54.3 Å². The third-order valence-electron chi connectivity index (χ3n) is 5.36. The first-order chi connectivity index (χ1) is 14.0. The van der Waals surface area contributed by atoms with Gasteiger partial charge in [-0.25, -0.2) is 0 Å². The molecular formula is C28H26S. The number of aryl methyl sites for hydroxylation is 4.